The number of ether oxygens (including phenoxy) is 2. The second kappa shape index (κ2) is 6.49. The first-order valence-electron chi connectivity index (χ1n) is 6.23. The van der Waals surface area contributed by atoms with Gasteiger partial charge in [-0.15, -0.1) is 0 Å². The van der Waals surface area contributed by atoms with Crippen molar-refractivity contribution in [2.75, 3.05) is 19.5 Å². The van der Waals surface area contributed by atoms with Crippen molar-refractivity contribution in [1.29, 1.82) is 0 Å². The highest BCUT2D eigenvalue weighted by molar-refractivity contribution is 6.32. The number of aryl methyl sites for hydroxylation is 1. The summed E-state index contributed by atoms with van der Waals surface area (Å²) in [5, 5.41) is 7.13. The number of rotatable bonds is 5. The summed E-state index contributed by atoms with van der Waals surface area (Å²) in [4.78, 5) is 11.7. The Bertz CT molecular complexity index is 700. The van der Waals surface area contributed by atoms with Crippen molar-refractivity contribution < 1.29 is 9.47 Å². The highest BCUT2D eigenvalue weighted by Crippen LogP contribution is 2.28. The zero-order valence-corrected chi connectivity index (χ0v) is 12.8. The molecule has 112 valence electrons. The molecule has 7 heteroatoms. The van der Waals surface area contributed by atoms with E-state index in [1.165, 1.54) is 10.9 Å². The maximum absolute atomic E-state index is 11.7. The van der Waals surface area contributed by atoms with Gasteiger partial charge in [0.15, 0.2) is 11.5 Å². The maximum atomic E-state index is 11.7. The van der Waals surface area contributed by atoms with E-state index in [-0.39, 0.29) is 10.6 Å². The second-order valence-electron chi connectivity index (χ2n) is 4.34. The van der Waals surface area contributed by atoms with Crippen molar-refractivity contribution in [3.05, 3.63) is 45.3 Å². The van der Waals surface area contributed by atoms with Gasteiger partial charge < -0.3 is 14.8 Å². The molecule has 0 atom stereocenters. The third kappa shape index (κ3) is 3.28. The molecule has 2 aromatic rings. The second-order valence-corrected chi connectivity index (χ2v) is 4.72. The van der Waals surface area contributed by atoms with Gasteiger partial charge >= 0.3 is 0 Å². The van der Waals surface area contributed by atoms with Gasteiger partial charge in [0.1, 0.15) is 5.02 Å². The molecule has 0 aliphatic heterocycles. The van der Waals surface area contributed by atoms with Gasteiger partial charge in [-0.1, -0.05) is 17.7 Å². The molecule has 0 spiro atoms. The Morgan fingerprint density at radius 3 is 2.67 bits per heavy atom. The van der Waals surface area contributed by atoms with E-state index < -0.39 is 0 Å². The quantitative estimate of drug-likeness (QED) is 0.916. The molecular formula is C14H16ClN3O3. The molecule has 2 rings (SSSR count). The van der Waals surface area contributed by atoms with Crippen LogP contribution in [0.3, 0.4) is 0 Å². The smallest absolute Gasteiger partial charge is 0.287 e. The SMILES string of the molecule is COc1ccc(CNc2cnn(C)c(=O)c2Cl)cc1OC. The summed E-state index contributed by atoms with van der Waals surface area (Å²) in [6, 6.07) is 5.57. The fourth-order valence-corrected chi connectivity index (χ4v) is 2.06. The Labute approximate surface area is 127 Å². The van der Waals surface area contributed by atoms with Crippen LogP contribution in [-0.2, 0) is 13.6 Å². The van der Waals surface area contributed by atoms with Crippen molar-refractivity contribution in [3.63, 3.8) is 0 Å². The van der Waals surface area contributed by atoms with E-state index in [1.54, 1.807) is 21.3 Å². The van der Waals surface area contributed by atoms with Crippen LogP contribution in [0.5, 0.6) is 11.5 Å². The van der Waals surface area contributed by atoms with Crippen LogP contribution in [0.15, 0.2) is 29.2 Å². The third-order valence-corrected chi connectivity index (χ3v) is 3.37. The maximum Gasteiger partial charge on any atom is 0.287 e. The van der Waals surface area contributed by atoms with Gasteiger partial charge in [0.25, 0.3) is 5.56 Å². The van der Waals surface area contributed by atoms with Gasteiger partial charge in [0.05, 0.1) is 26.1 Å². The first-order chi connectivity index (χ1) is 10.1. The molecule has 1 aromatic carbocycles. The van der Waals surface area contributed by atoms with E-state index in [4.69, 9.17) is 21.1 Å². The van der Waals surface area contributed by atoms with E-state index in [1.807, 2.05) is 18.2 Å². The van der Waals surface area contributed by atoms with Crippen molar-refractivity contribution in [2.45, 2.75) is 6.54 Å². The predicted molar refractivity (Wildman–Crippen MR) is 81.4 cm³/mol. The minimum atomic E-state index is -0.339. The molecule has 0 fully saturated rings. The standard InChI is InChI=1S/C14H16ClN3O3/c1-18-14(19)13(15)10(8-17-18)16-7-9-4-5-11(20-2)12(6-9)21-3/h4-6,8,16H,7H2,1-3H3. The molecule has 6 nitrogen and oxygen atoms in total. The van der Waals surface area contributed by atoms with Crippen LogP contribution in [-0.4, -0.2) is 24.0 Å². The lowest BCUT2D eigenvalue weighted by atomic mass is 10.2. The van der Waals surface area contributed by atoms with Crippen molar-refractivity contribution in [3.8, 4) is 11.5 Å². The molecule has 21 heavy (non-hydrogen) atoms. The largest absolute Gasteiger partial charge is 0.493 e. The number of methoxy groups -OCH3 is 2. The Balaban J connectivity index is 2.17. The number of anilines is 1. The van der Waals surface area contributed by atoms with Crippen LogP contribution >= 0.6 is 11.6 Å². The van der Waals surface area contributed by atoms with Crippen LogP contribution in [0.4, 0.5) is 5.69 Å². The molecule has 0 aliphatic rings. The summed E-state index contributed by atoms with van der Waals surface area (Å²) >= 11 is 5.99. The Morgan fingerprint density at radius 1 is 1.29 bits per heavy atom. The summed E-state index contributed by atoms with van der Waals surface area (Å²) in [7, 11) is 4.71. The molecule has 0 radical (unpaired) electrons. The number of benzene rings is 1. The zero-order chi connectivity index (χ0) is 15.4. The Hall–Kier alpha value is -2.21. The van der Waals surface area contributed by atoms with E-state index in [0.717, 1.165) is 5.56 Å². The minimum Gasteiger partial charge on any atom is -0.493 e. The van der Waals surface area contributed by atoms with E-state index in [2.05, 4.69) is 10.4 Å². The molecule has 1 N–H and O–H groups in total. The summed E-state index contributed by atoms with van der Waals surface area (Å²) in [5.74, 6) is 1.31. The summed E-state index contributed by atoms with van der Waals surface area (Å²) < 4.78 is 11.6. The molecule has 1 aromatic heterocycles. The topological polar surface area (TPSA) is 65.4 Å². The number of nitrogens with zero attached hydrogens (tertiary/aromatic N) is 2. The molecule has 0 amide bonds. The Kier molecular flexibility index (Phi) is 4.70. The normalized spacial score (nSPS) is 10.3. The number of aromatic nitrogens is 2. The lowest BCUT2D eigenvalue weighted by Gasteiger charge is -2.11. The van der Waals surface area contributed by atoms with E-state index >= 15 is 0 Å². The van der Waals surface area contributed by atoms with Gasteiger partial charge in [0, 0.05) is 13.6 Å². The predicted octanol–water partition coefficient (Wildman–Crippen LogP) is 2.06. The number of nitrogens with one attached hydrogen (secondary N) is 1. The van der Waals surface area contributed by atoms with Crippen LogP contribution in [0.25, 0.3) is 0 Å². The highest BCUT2D eigenvalue weighted by atomic mass is 35.5. The molecular weight excluding hydrogens is 294 g/mol. The lowest BCUT2D eigenvalue weighted by Crippen LogP contribution is -2.21. The first-order valence-corrected chi connectivity index (χ1v) is 6.61. The van der Waals surface area contributed by atoms with E-state index in [0.29, 0.717) is 23.7 Å². The fourth-order valence-electron chi connectivity index (χ4n) is 1.82. The molecule has 0 unspecified atom stereocenters. The van der Waals surface area contributed by atoms with Gasteiger partial charge in [-0.05, 0) is 17.7 Å². The molecule has 0 bridgehead atoms. The summed E-state index contributed by atoms with van der Waals surface area (Å²) in [6.45, 7) is 0.481. The van der Waals surface area contributed by atoms with E-state index in [9.17, 15) is 4.79 Å². The first kappa shape index (κ1) is 15.2. The number of halogens is 1. The van der Waals surface area contributed by atoms with Crippen LogP contribution in [0.2, 0.25) is 5.02 Å². The van der Waals surface area contributed by atoms with Gasteiger partial charge in [0.2, 0.25) is 0 Å². The van der Waals surface area contributed by atoms with Gasteiger partial charge in [-0.25, -0.2) is 4.68 Å². The van der Waals surface area contributed by atoms with Crippen LogP contribution in [0, 0.1) is 0 Å². The molecule has 0 saturated carbocycles. The van der Waals surface area contributed by atoms with Crippen molar-refractivity contribution in [2.24, 2.45) is 7.05 Å². The molecule has 1 heterocycles. The minimum absolute atomic E-state index is 0.118. The van der Waals surface area contributed by atoms with Gasteiger partial charge in [-0.2, -0.15) is 5.10 Å². The fraction of sp³-hybridized carbons (Fsp3) is 0.286. The average Bonchev–Trinajstić information content (AvgIpc) is 2.51. The molecule has 0 aliphatic carbocycles. The third-order valence-electron chi connectivity index (χ3n) is 3.01. The van der Waals surface area contributed by atoms with Crippen LogP contribution in [0.1, 0.15) is 5.56 Å². The summed E-state index contributed by atoms with van der Waals surface area (Å²) in [5.41, 5.74) is 1.12. The van der Waals surface area contributed by atoms with Crippen molar-refractivity contribution in [1.82, 2.24) is 9.78 Å². The lowest BCUT2D eigenvalue weighted by molar-refractivity contribution is 0.354. The Morgan fingerprint density at radius 2 is 2.00 bits per heavy atom. The zero-order valence-electron chi connectivity index (χ0n) is 12.0. The van der Waals surface area contributed by atoms with Crippen molar-refractivity contribution >= 4 is 17.3 Å². The highest BCUT2D eigenvalue weighted by Gasteiger charge is 2.08. The number of hydrogen-bond donors (Lipinski definition) is 1. The monoisotopic (exact) mass is 309 g/mol. The summed E-state index contributed by atoms with van der Waals surface area (Å²) in [6.07, 6.45) is 1.52. The number of hydrogen-bond acceptors (Lipinski definition) is 5. The average molecular weight is 310 g/mol. The van der Waals surface area contributed by atoms with Gasteiger partial charge in [-0.3, -0.25) is 4.79 Å². The molecule has 0 saturated heterocycles. The van der Waals surface area contributed by atoms with Crippen LogP contribution < -0.4 is 20.3 Å².